The van der Waals surface area contributed by atoms with Gasteiger partial charge in [-0.2, -0.15) is 0 Å². The number of hydrogen-bond acceptors (Lipinski definition) is 4. The maximum absolute atomic E-state index is 12.9. The average Bonchev–Trinajstić information content (AvgIpc) is 3.09. The molecule has 1 aliphatic carbocycles. The smallest absolute Gasteiger partial charge is 0.293 e. The van der Waals surface area contributed by atoms with Crippen molar-refractivity contribution in [2.24, 2.45) is 11.7 Å². The molecule has 1 saturated carbocycles. The monoisotopic (exact) mass is 411 g/mol. The van der Waals surface area contributed by atoms with Crippen LogP contribution in [0.1, 0.15) is 36.2 Å². The lowest BCUT2D eigenvalue weighted by molar-refractivity contribution is -0.120. The lowest BCUT2D eigenvalue weighted by atomic mass is 9.86. The van der Waals surface area contributed by atoms with Crippen molar-refractivity contribution < 1.29 is 14.0 Å². The average molecular weight is 412 g/mol. The molecule has 1 aliphatic rings. The first-order valence-electron chi connectivity index (χ1n) is 9.66. The number of nitrogens with two attached hydrogens (primary N) is 1. The number of para-hydroxylation sites is 1. The second kappa shape index (κ2) is 8.27. The predicted octanol–water partition coefficient (Wildman–Crippen LogP) is 4.79. The molecule has 0 radical (unpaired) electrons. The van der Waals surface area contributed by atoms with Crippen LogP contribution in [0.3, 0.4) is 0 Å². The summed E-state index contributed by atoms with van der Waals surface area (Å²) in [5.74, 6) is -0.592. The molecule has 6 nitrogen and oxygen atoms in total. The van der Waals surface area contributed by atoms with Gasteiger partial charge in [0.1, 0.15) is 11.3 Å². The number of furan rings is 1. The van der Waals surface area contributed by atoms with Crippen molar-refractivity contribution in [3.8, 4) is 0 Å². The van der Waals surface area contributed by atoms with E-state index in [4.69, 9.17) is 21.8 Å². The predicted molar refractivity (Wildman–Crippen MR) is 114 cm³/mol. The van der Waals surface area contributed by atoms with Crippen molar-refractivity contribution >= 4 is 45.8 Å². The molecule has 2 aromatic carbocycles. The molecule has 0 spiro atoms. The summed E-state index contributed by atoms with van der Waals surface area (Å²) in [4.78, 5) is 25.7. The van der Waals surface area contributed by atoms with Crippen LogP contribution >= 0.6 is 11.6 Å². The number of amides is 2. The molecule has 0 aliphatic heterocycles. The van der Waals surface area contributed by atoms with Crippen LogP contribution in [0.4, 0.5) is 11.4 Å². The summed E-state index contributed by atoms with van der Waals surface area (Å²) in [6, 6.07) is 14.2. The fraction of sp³-hybridized carbons (Fsp3) is 0.273. The molecule has 1 heterocycles. The number of halogens is 1. The Hall–Kier alpha value is -2.83. The lowest BCUT2D eigenvalue weighted by Gasteiger charge is -2.25. The van der Waals surface area contributed by atoms with Crippen LogP contribution in [0, 0.1) is 5.92 Å². The zero-order valence-electron chi connectivity index (χ0n) is 15.8. The molecular weight excluding hydrogens is 390 g/mol. The van der Waals surface area contributed by atoms with E-state index >= 15 is 0 Å². The Bertz CT molecular complexity index is 1040. The van der Waals surface area contributed by atoms with Crippen LogP contribution in [-0.2, 0) is 4.79 Å². The summed E-state index contributed by atoms with van der Waals surface area (Å²) < 4.78 is 5.79. The zero-order valence-corrected chi connectivity index (χ0v) is 16.5. The Morgan fingerprint density at radius 1 is 0.966 bits per heavy atom. The molecule has 0 bridgehead atoms. The molecule has 0 atom stereocenters. The maximum atomic E-state index is 12.9. The number of rotatable bonds is 4. The lowest BCUT2D eigenvalue weighted by Crippen LogP contribution is -2.32. The normalized spacial score (nSPS) is 19.1. The number of fused-ring (bicyclic) bond motifs is 1. The van der Waals surface area contributed by atoms with Crippen molar-refractivity contribution in [1.82, 2.24) is 0 Å². The fourth-order valence-corrected chi connectivity index (χ4v) is 3.78. The van der Waals surface area contributed by atoms with Crippen LogP contribution < -0.4 is 16.4 Å². The van der Waals surface area contributed by atoms with Gasteiger partial charge in [-0.05, 0) is 62.1 Å². The summed E-state index contributed by atoms with van der Waals surface area (Å²) in [6.45, 7) is 0. The molecule has 2 amide bonds. The Kier molecular flexibility index (Phi) is 5.56. The van der Waals surface area contributed by atoms with Gasteiger partial charge >= 0.3 is 0 Å². The topological polar surface area (TPSA) is 97.4 Å². The minimum atomic E-state index is -0.440. The largest absolute Gasteiger partial charge is 0.449 e. The third-order valence-electron chi connectivity index (χ3n) is 5.29. The Labute approximate surface area is 173 Å². The number of benzene rings is 2. The van der Waals surface area contributed by atoms with Crippen molar-refractivity contribution in [2.75, 3.05) is 10.6 Å². The molecule has 0 unspecified atom stereocenters. The molecule has 29 heavy (non-hydrogen) atoms. The summed E-state index contributed by atoms with van der Waals surface area (Å²) in [5, 5.41) is 6.99. The van der Waals surface area contributed by atoms with Gasteiger partial charge in [-0.25, -0.2) is 0 Å². The van der Waals surface area contributed by atoms with Gasteiger partial charge in [-0.1, -0.05) is 23.7 Å². The number of carbonyl (C=O) groups excluding carboxylic acids is 2. The van der Waals surface area contributed by atoms with Crippen LogP contribution in [0.2, 0.25) is 5.02 Å². The molecule has 3 aromatic rings. The van der Waals surface area contributed by atoms with Crippen LogP contribution in [0.25, 0.3) is 11.0 Å². The number of carbonyl (C=O) groups is 2. The standard InChI is InChI=1S/C22H22ClN3O3/c23-14-7-11-16(12-8-14)25-22(28)20-19(17-3-1-2-4-18(17)29-20)26-21(27)13-5-9-15(24)10-6-13/h1-4,7-8,11-13,15H,5-6,9-10,24H2,(H,25,28)(H,26,27)/t13-,15-. The second-order valence-corrected chi connectivity index (χ2v) is 7.80. The van der Waals surface area contributed by atoms with Crippen LogP contribution in [-0.4, -0.2) is 17.9 Å². The van der Waals surface area contributed by atoms with E-state index in [1.165, 1.54) is 0 Å². The van der Waals surface area contributed by atoms with Crippen molar-refractivity contribution in [1.29, 1.82) is 0 Å². The molecule has 1 aromatic heterocycles. The molecule has 4 rings (SSSR count). The van der Waals surface area contributed by atoms with E-state index in [0.29, 0.717) is 27.4 Å². The molecule has 0 saturated heterocycles. The van der Waals surface area contributed by atoms with E-state index in [2.05, 4.69) is 10.6 Å². The highest BCUT2D eigenvalue weighted by atomic mass is 35.5. The maximum Gasteiger partial charge on any atom is 0.293 e. The van der Waals surface area contributed by atoms with Gasteiger partial charge in [-0.15, -0.1) is 0 Å². The Balaban J connectivity index is 1.61. The molecule has 7 heteroatoms. The summed E-state index contributed by atoms with van der Waals surface area (Å²) >= 11 is 5.90. The van der Waals surface area contributed by atoms with Crippen molar-refractivity contribution in [3.63, 3.8) is 0 Å². The molecule has 150 valence electrons. The van der Waals surface area contributed by atoms with Crippen LogP contribution in [0.15, 0.2) is 52.9 Å². The minimum Gasteiger partial charge on any atom is -0.449 e. The fourth-order valence-electron chi connectivity index (χ4n) is 3.66. The van der Waals surface area contributed by atoms with Gasteiger partial charge in [0.05, 0.1) is 0 Å². The number of hydrogen-bond donors (Lipinski definition) is 3. The van der Waals surface area contributed by atoms with Crippen molar-refractivity contribution in [2.45, 2.75) is 31.7 Å². The van der Waals surface area contributed by atoms with E-state index in [9.17, 15) is 9.59 Å². The summed E-state index contributed by atoms with van der Waals surface area (Å²) in [5.41, 5.74) is 7.46. The summed E-state index contributed by atoms with van der Waals surface area (Å²) in [6.07, 6.45) is 3.15. The van der Waals surface area contributed by atoms with E-state index in [-0.39, 0.29) is 23.6 Å². The van der Waals surface area contributed by atoms with Gasteiger partial charge in [0, 0.05) is 28.1 Å². The van der Waals surface area contributed by atoms with Gasteiger partial charge in [0.2, 0.25) is 11.7 Å². The summed E-state index contributed by atoms with van der Waals surface area (Å²) in [7, 11) is 0. The highest BCUT2D eigenvalue weighted by molar-refractivity contribution is 6.30. The highest BCUT2D eigenvalue weighted by Gasteiger charge is 2.28. The molecule has 4 N–H and O–H groups in total. The third kappa shape index (κ3) is 4.28. The van der Waals surface area contributed by atoms with E-state index in [0.717, 1.165) is 25.7 Å². The third-order valence-corrected chi connectivity index (χ3v) is 5.55. The molecule has 1 fully saturated rings. The second-order valence-electron chi connectivity index (χ2n) is 7.36. The minimum absolute atomic E-state index is 0.0713. The molecular formula is C22H22ClN3O3. The van der Waals surface area contributed by atoms with Gasteiger partial charge in [0.25, 0.3) is 5.91 Å². The van der Waals surface area contributed by atoms with E-state index in [1.807, 2.05) is 18.2 Å². The highest BCUT2D eigenvalue weighted by Crippen LogP contribution is 2.33. The Morgan fingerprint density at radius 2 is 1.66 bits per heavy atom. The van der Waals surface area contributed by atoms with E-state index < -0.39 is 5.91 Å². The first-order valence-corrected chi connectivity index (χ1v) is 10.0. The number of anilines is 2. The van der Waals surface area contributed by atoms with E-state index in [1.54, 1.807) is 30.3 Å². The first-order chi connectivity index (χ1) is 14.0. The zero-order chi connectivity index (χ0) is 20.4. The first kappa shape index (κ1) is 19.5. The Morgan fingerprint density at radius 3 is 2.38 bits per heavy atom. The van der Waals surface area contributed by atoms with Gasteiger partial charge < -0.3 is 20.8 Å². The van der Waals surface area contributed by atoms with Gasteiger partial charge in [-0.3, -0.25) is 9.59 Å². The number of nitrogens with one attached hydrogen (secondary N) is 2. The van der Waals surface area contributed by atoms with Gasteiger partial charge in [0.15, 0.2) is 0 Å². The van der Waals surface area contributed by atoms with Crippen LogP contribution in [0.5, 0.6) is 0 Å². The SMILES string of the molecule is N[C@H]1CC[C@H](C(=O)Nc2c(C(=O)Nc3ccc(Cl)cc3)oc3ccccc23)CC1. The quantitative estimate of drug-likeness (QED) is 0.574. The van der Waals surface area contributed by atoms with Crippen molar-refractivity contribution in [3.05, 3.63) is 59.3 Å².